The number of rotatable bonds is 37. The molecule has 19 nitrogen and oxygen atoms in total. The lowest BCUT2D eigenvalue weighted by molar-refractivity contribution is -0.121. The molecule has 0 spiro atoms. The maximum atomic E-state index is 12.0. The van der Waals surface area contributed by atoms with E-state index in [1.165, 1.54) is 21.3 Å². The summed E-state index contributed by atoms with van der Waals surface area (Å²) in [4.78, 5) is 33.9. The number of nitrogens with two attached hydrogens (primary N) is 1. The molecule has 73 heavy (non-hydrogen) atoms. The minimum atomic E-state index is -1.22. The first-order valence-electron chi connectivity index (χ1n) is 26.3. The van der Waals surface area contributed by atoms with Crippen LogP contribution in [0.1, 0.15) is 86.9 Å². The highest BCUT2D eigenvalue weighted by molar-refractivity contribution is 7.90. The number of ether oxygens (including phenoxy) is 9. The Morgan fingerprint density at radius 1 is 0.822 bits per heavy atom. The lowest BCUT2D eigenvalue weighted by Crippen LogP contribution is -2.35. The first-order valence-corrected chi connectivity index (χ1v) is 28.7. The predicted octanol–water partition coefficient (Wildman–Crippen LogP) is 5.18. The Kier molecular flexibility index (Phi) is 28.0. The molecule has 1 unspecified atom stereocenters. The van der Waals surface area contributed by atoms with Crippen LogP contribution in [0.4, 0.5) is 5.82 Å². The Balaban J connectivity index is 0.666. The third-order valence-corrected chi connectivity index (χ3v) is 14.6. The maximum absolute atomic E-state index is 12.0. The molecule has 0 radical (unpaired) electrons. The first-order chi connectivity index (χ1) is 35.9. The number of carbonyl (C=O) groups is 1. The van der Waals surface area contributed by atoms with Gasteiger partial charge in [-0.25, -0.2) is 9.97 Å². The number of fused-ring (bicyclic) bond motifs is 3. The Labute approximate surface area is 438 Å². The molecule has 1 amide bonds. The van der Waals surface area contributed by atoms with E-state index in [1.54, 1.807) is 12.4 Å². The average molecular weight is 1060 g/mol. The number of nitrogens with one attached hydrogen (secondary N) is 1. The van der Waals surface area contributed by atoms with Crippen LogP contribution < -0.4 is 11.1 Å². The number of thiophene rings is 1. The van der Waals surface area contributed by atoms with Crippen molar-refractivity contribution in [1.29, 1.82) is 0 Å². The van der Waals surface area contributed by atoms with E-state index in [-0.39, 0.29) is 11.1 Å². The second kappa shape index (κ2) is 34.9. The highest BCUT2D eigenvalue weighted by Gasteiger charge is 2.26. The molecule has 1 atom stereocenters. The van der Waals surface area contributed by atoms with Gasteiger partial charge in [-0.15, -0.1) is 11.3 Å². The molecule has 6 rings (SSSR count). The molecule has 2 saturated heterocycles. The number of likely N-dealkylation sites (tertiary alicyclic amines) is 1. The zero-order valence-corrected chi connectivity index (χ0v) is 44.9. The maximum Gasteiger partial charge on any atom is 0.342 e. The quantitative estimate of drug-likeness (QED) is 0.0257. The van der Waals surface area contributed by atoms with Crippen molar-refractivity contribution in [1.82, 2.24) is 34.7 Å². The van der Waals surface area contributed by atoms with Crippen LogP contribution in [0.15, 0.2) is 23.6 Å². The van der Waals surface area contributed by atoms with Crippen molar-refractivity contribution in [2.45, 2.75) is 88.8 Å². The number of aromatic nitrogens is 5. The molecule has 2 aliphatic heterocycles. The molecule has 0 aromatic carbocycles. The summed E-state index contributed by atoms with van der Waals surface area (Å²) in [5, 5.41) is 3.12. The smallest absolute Gasteiger partial charge is 0.342 e. The number of aryl methyl sites for hydroxylation is 1. The lowest BCUT2D eigenvalue weighted by atomic mass is 9.95. The number of hydrogen-bond donors (Lipinski definition) is 2. The van der Waals surface area contributed by atoms with Crippen LogP contribution >= 0.6 is 11.3 Å². The van der Waals surface area contributed by atoms with Gasteiger partial charge >= 0.3 is 5.16 Å². The summed E-state index contributed by atoms with van der Waals surface area (Å²) in [5.74, 6) is 8.71. The number of unbranched alkanes of at least 4 members (excludes halogenated alkanes) is 2. The van der Waals surface area contributed by atoms with Gasteiger partial charge in [0.05, 0.1) is 139 Å². The van der Waals surface area contributed by atoms with Gasteiger partial charge in [-0.2, -0.15) is 9.97 Å². The molecule has 406 valence electrons. The number of carbonyl (C=O) groups excluding carboxylic acids is 1. The minimum Gasteiger partial charge on any atom is -0.609 e. The highest BCUT2D eigenvalue weighted by Crippen LogP contribution is 2.40. The van der Waals surface area contributed by atoms with E-state index >= 15 is 0 Å². The van der Waals surface area contributed by atoms with Crippen molar-refractivity contribution in [2.75, 3.05) is 157 Å². The van der Waals surface area contributed by atoms with Gasteiger partial charge in [-0.1, -0.05) is 25.2 Å². The van der Waals surface area contributed by atoms with Gasteiger partial charge in [0.15, 0.2) is 5.82 Å². The third kappa shape index (κ3) is 21.5. The zero-order chi connectivity index (χ0) is 51.1. The van der Waals surface area contributed by atoms with Gasteiger partial charge in [0.25, 0.3) is 0 Å². The van der Waals surface area contributed by atoms with Gasteiger partial charge < -0.3 is 67.7 Å². The van der Waals surface area contributed by atoms with Gasteiger partial charge in [0.2, 0.25) is 5.91 Å². The molecular formula is C52H80N8O11S2. The summed E-state index contributed by atoms with van der Waals surface area (Å²) in [6.45, 7) is 16.3. The standard InChI is InChI=1S/C52H80N8O11S2/c1-3-4-9-46-58-48-49(60(46)40-41-13-19-63-20-14-41)50-44(57-51(48)53)37-45(72-50)43-11-16-59(17-12-43)18-22-65-24-26-67-28-30-69-32-34-71-36-35-70-33-31-68-29-27-66-25-23-64-21-15-54-47(61)10-7-5-6-8-42-38-55-52(56-39-42)73(2)62/h37-39,41,43H,3-5,7,9-36,40H2,1-2H3,(H2,53,57)(H,54,61). The summed E-state index contributed by atoms with van der Waals surface area (Å²) in [5.41, 5.74) is 10.3. The molecule has 0 bridgehead atoms. The van der Waals surface area contributed by atoms with E-state index in [4.69, 9.17) is 58.3 Å². The first kappa shape index (κ1) is 58.7. The summed E-state index contributed by atoms with van der Waals surface area (Å²) in [6, 6.07) is 2.30. The fourth-order valence-electron chi connectivity index (χ4n) is 8.51. The van der Waals surface area contributed by atoms with Crippen LogP contribution in [-0.4, -0.2) is 191 Å². The molecule has 3 N–H and O–H groups in total. The van der Waals surface area contributed by atoms with Gasteiger partial charge in [-0.3, -0.25) is 4.79 Å². The highest BCUT2D eigenvalue weighted by atomic mass is 32.2. The van der Waals surface area contributed by atoms with E-state index in [2.05, 4.69) is 49.6 Å². The van der Waals surface area contributed by atoms with Crippen molar-refractivity contribution in [3.63, 3.8) is 0 Å². The number of pyridine rings is 1. The van der Waals surface area contributed by atoms with Gasteiger partial charge in [0.1, 0.15) is 17.6 Å². The summed E-state index contributed by atoms with van der Waals surface area (Å²) < 4.78 is 65.6. The Morgan fingerprint density at radius 2 is 1.40 bits per heavy atom. The van der Waals surface area contributed by atoms with Gasteiger partial charge in [0, 0.05) is 68.2 Å². The topological polar surface area (TPSA) is 221 Å². The third-order valence-electron chi connectivity index (χ3n) is 12.6. The van der Waals surface area contributed by atoms with Crippen molar-refractivity contribution in [3.8, 4) is 11.8 Å². The largest absolute Gasteiger partial charge is 0.609 e. The van der Waals surface area contributed by atoms with Crippen molar-refractivity contribution >= 4 is 55.5 Å². The molecule has 2 fully saturated rings. The van der Waals surface area contributed by atoms with E-state index in [0.717, 1.165) is 101 Å². The van der Waals surface area contributed by atoms with Crippen LogP contribution in [0.5, 0.6) is 0 Å². The SMILES string of the molecule is CCCCc1nc2c(N)nc3cc(C4CCN(CCOCCOCCOCCOCCOCCOCCOCCOCCNC(=O)CCCC#Cc5cnc([S+](C)[O-])nc5)CC4)sc3c2n1CC1CCOCC1. The molecule has 4 aromatic heterocycles. The number of anilines is 1. The Morgan fingerprint density at radius 3 is 1.97 bits per heavy atom. The van der Waals surface area contributed by atoms with Crippen LogP contribution in [0.3, 0.4) is 0 Å². The molecule has 0 aliphatic carbocycles. The average Bonchev–Trinajstić information content (AvgIpc) is 3.99. The fraction of sp³-hybridized carbons (Fsp3) is 0.712. The zero-order valence-electron chi connectivity index (χ0n) is 43.3. The van der Waals surface area contributed by atoms with E-state index < -0.39 is 11.2 Å². The van der Waals surface area contributed by atoms with Gasteiger partial charge in [-0.05, 0) is 69.5 Å². The molecule has 2 aliphatic rings. The van der Waals surface area contributed by atoms with Crippen LogP contribution in [-0.2, 0) is 71.6 Å². The van der Waals surface area contributed by atoms with Crippen molar-refractivity contribution < 1.29 is 52.0 Å². The van der Waals surface area contributed by atoms with Crippen LogP contribution in [0.25, 0.3) is 21.3 Å². The number of hydrogen-bond acceptors (Lipinski definition) is 18. The molecule has 0 saturated carbocycles. The number of amides is 1. The lowest BCUT2D eigenvalue weighted by Gasteiger charge is -2.31. The van der Waals surface area contributed by atoms with E-state index in [0.29, 0.717) is 155 Å². The number of nitrogen functional groups attached to an aromatic ring is 1. The normalized spacial score (nSPS) is 15.3. The molecule has 21 heteroatoms. The fourth-order valence-corrected chi connectivity index (χ4v) is 10.2. The Hall–Kier alpha value is -3.60. The minimum absolute atomic E-state index is 0.0403. The van der Waals surface area contributed by atoms with E-state index in [1.807, 2.05) is 11.3 Å². The predicted molar refractivity (Wildman–Crippen MR) is 283 cm³/mol. The summed E-state index contributed by atoms with van der Waals surface area (Å²) in [6.07, 6.45) is 13.9. The Bertz CT molecular complexity index is 2210. The van der Waals surface area contributed by atoms with E-state index in [9.17, 15) is 9.35 Å². The second-order valence-corrected chi connectivity index (χ2v) is 20.4. The van der Waals surface area contributed by atoms with Crippen molar-refractivity contribution in [3.05, 3.63) is 34.7 Å². The molecule has 6 heterocycles. The van der Waals surface area contributed by atoms with Crippen LogP contribution in [0, 0.1) is 17.8 Å². The van der Waals surface area contributed by atoms with Crippen molar-refractivity contribution in [2.24, 2.45) is 5.92 Å². The monoisotopic (exact) mass is 1060 g/mol. The summed E-state index contributed by atoms with van der Waals surface area (Å²) >= 11 is 0.686. The number of piperidine rings is 1. The number of nitrogens with zero attached hydrogens (tertiary/aromatic N) is 6. The van der Waals surface area contributed by atoms with Crippen LogP contribution in [0.2, 0.25) is 0 Å². The summed E-state index contributed by atoms with van der Waals surface area (Å²) in [7, 11) is 0. The molecule has 4 aromatic rings. The number of imidazole rings is 1. The molecular weight excluding hydrogens is 977 g/mol. The second-order valence-electron chi connectivity index (χ2n) is 18.1.